The van der Waals surface area contributed by atoms with Crippen molar-refractivity contribution in [3.8, 4) is 0 Å². The molecule has 2 rings (SSSR count). The summed E-state index contributed by atoms with van der Waals surface area (Å²) in [6, 6.07) is 17.2. The molecular weight excluding hydrogens is 300 g/mol. The number of unbranched alkanes of at least 4 members (excludes halogenated alkanes) is 1. The molecule has 0 radical (unpaired) electrons. The van der Waals surface area contributed by atoms with Crippen molar-refractivity contribution in [2.24, 2.45) is 5.73 Å². The third-order valence-corrected chi connectivity index (χ3v) is 3.85. The van der Waals surface area contributed by atoms with Crippen LogP contribution in [-0.4, -0.2) is 19.1 Å². The predicted octanol–water partition coefficient (Wildman–Crippen LogP) is 3.11. The van der Waals surface area contributed by atoms with Crippen LogP contribution in [0.2, 0.25) is 0 Å². The van der Waals surface area contributed by atoms with Crippen LogP contribution in [-0.2, 0) is 16.1 Å². The zero-order chi connectivity index (χ0) is 17.2. The van der Waals surface area contributed by atoms with E-state index in [0.29, 0.717) is 19.8 Å². The number of hydrogen-bond acceptors (Lipinski definition) is 3. The van der Waals surface area contributed by atoms with Gasteiger partial charge >= 0.3 is 0 Å². The quantitative estimate of drug-likeness (QED) is 0.696. The van der Waals surface area contributed by atoms with Gasteiger partial charge in [0.05, 0.1) is 6.61 Å². The normalized spacial score (nSPS) is 11.9. The smallest absolute Gasteiger partial charge is 0.241 e. The van der Waals surface area contributed by atoms with E-state index in [1.165, 1.54) is 5.56 Å². The molecular formula is C20H26N2O2. The average molecular weight is 326 g/mol. The maximum atomic E-state index is 12.0. The van der Waals surface area contributed by atoms with E-state index in [1.807, 2.05) is 61.5 Å². The molecule has 1 atom stereocenters. The van der Waals surface area contributed by atoms with Crippen molar-refractivity contribution < 1.29 is 9.53 Å². The Hall–Kier alpha value is -2.17. The number of carbonyl (C=O) groups is 1. The number of nitrogens with one attached hydrogen (secondary N) is 1. The van der Waals surface area contributed by atoms with Crippen molar-refractivity contribution in [3.63, 3.8) is 0 Å². The molecule has 0 aromatic heterocycles. The molecule has 0 saturated heterocycles. The molecule has 1 unspecified atom stereocenters. The molecule has 2 aromatic carbocycles. The lowest BCUT2D eigenvalue weighted by Crippen LogP contribution is -2.34. The lowest BCUT2D eigenvalue weighted by Gasteiger charge is -2.13. The van der Waals surface area contributed by atoms with Gasteiger partial charge in [-0.25, -0.2) is 0 Å². The molecule has 0 saturated carbocycles. The molecule has 0 bridgehead atoms. The number of amides is 1. The highest BCUT2D eigenvalue weighted by Gasteiger charge is 2.14. The summed E-state index contributed by atoms with van der Waals surface area (Å²) < 4.78 is 5.62. The van der Waals surface area contributed by atoms with Crippen LogP contribution >= 0.6 is 0 Å². The monoisotopic (exact) mass is 326 g/mol. The Morgan fingerprint density at radius 2 is 1.79 bits per heavy atom. The largest absolute Gasteiger partial charge is 0.377 e. The van der Waals surface area contributed by atoms with Crippen molar-refractivity contribution in [2.45, 2.75) is 32.4 Å². The summed E-state index contributed by atoms with van der Waals surface area (Å²) in [6.45, 7) is 3.95. The highest BCUT2D eigenvalue weighted by molar-refractivity contribution is 5.82. The lowest BCUT2D eigenvalue weighted by molar-refractivity contribution is -0.122. The SMILES string of the molecule is Cc1ccc(C(N)C(=O)NCCCCOCc2ccccc2)cc1. The summed E-state index contributed by atoms with van der Waals surface area (Å²) in [6.07, 6.45) is 1.79. The first kappa shape index (κ1) is 18.2. The van der Waals surface area contributed by atoms with E-state index in [4.69, 9.17) is 10.5 Å². The average Bonchev–Trinajstić information content (AvgIpc) is 2.61. The van der Waals surface area contributed by atoms with Crippen molar-refractivity contribution in [2.75, 3.05) is 13.2 Å². The Bertz CT molecular complexity index is 611. The lowest BCUT2D eigenvalue weighted by atomic mass is 10.1. The molecule has 24 heavy (non-hydrogen) atoms. The van der Waals surface area contributed by atoms with E-state index in [0.717, 1.165) is 24.0 Å². The van der Waals surface area contributed by atoms with Gasteiger partial charge in [-0.3, -0.25) is 4.79 Å². The van der Waals surface area contributed by atoms with E-state index in [-0.39, 0.29) is 5.91 Å². The highest BCUT2D eigenvalue weighted by Crippen LogP contribution is 2.11. The second kappa shape index (κ2) is 9.85. The van der Waals surface area contributed by atoms with Gasteiger partial charge in [0.1, 0.15) is 6.04 Å². The van der Waals surface area contributed by atoms with E-state index in [2.05, 4.69) is 5.32 Å². The number of benzene rings is 2. The second-order valence-electron chi connectivity index (χ2n) is 5.92. The maximum absolute atomic E-state index is 12.0. The van der Waals surface area contributed by atoms with Crippen LogP contribution in [0.3, 0.4) is 0 Å². The Labute approximate surface area is 144 Å². The van der Waals surface area contributed by atoms with Gasteiger partial charge in [-0.1, -0.05) is 60.2 Å². The molecule has 0 aliphatic rings. The first-order valence-electron chi connectivity index (χ1n) is 8.38. The van der Waals surface area contributed by atoms with E-state index >= 15 is 0 Å². The van der Waals surface area contributed by atoms with Crippen LogP contribution in [0.25, 0.3) is 0 Å². The van der Waals surface area contributed by atoms with Crippen LogP contribution in [0.15, 0.2) is 54.6 Å². The number of nitrogens with two attached hydrogens (primary N) is 1. The van der Waals surface area contributed by atoms with Gasteiger partial charge < -0.3 is 15.8 Å². The van der Waals surface area contributed by atoms with E-state index < -0.39 is 6.04 Å². The summed E-state index contributed by atoms with van der Waals surface area (Å²) in [5.41, 5.74) is 9.15. The van der Waals surface area contributed by atoms with Gasteiger partial charge in [-0.2, -0.15) is 0 Å². The summed E-state index contributed by atoms with van der Waals surface area (Å²) in [5.74, 6) is -0.135. The molecule has 0 heterocycles. The van der Waals surface area contributed by atoms with Crippen molar-refractivity contribution >= 4 is 5.91 Å². The van der Waals surface area contributed by atoms with Crippen molar-refractivity contribution in [1.82, 2.24) is 5.32 Å². The molecule has 0 fully saturated rings. The van der Waals surface area contributed by atoms with Crippen LogP contribution in [0.1, 0.15) is 35.6 Å². The number of hydrogen-bond donors (Lipinski definition) is 2. The third kappa shape index (κ3) is 6.14. The number of carbonyl (C=O) groups excluding carboxylic acids is 1. The van der Waals surface area contributed by atoms with Crippen LogP contribution < -0.4 is 11.1 Å². The molecule has 128 valence electrons. The zero-order valence-electron chi connectivity index (χ0n) is 14.2. The Balaban J connectivity index is 1.56. The third-order valence-electron chi connectivity index (χ3n) is 3.85. The molecule has 1 amide bonds. The van der Waals surface area contributed by atoms with Crippen LogP contribution in [0.4, 0.5) is 0 Å². The Kier molecular flexibility index (Phi) is 7.46. The zero-order valence-corrected chi connectivity index (χ0v) is 14.2. The minimum Gasteiger partial charge on any atom is -0.377 e. The van der Waals surface area contributed by atoms with Crippen molar-refractivity contribution in [1.29, 1.82) is 0 Å². The van der Waals surface area contributed by atoms with Gasteiger partial charge in [0.15, 0.2) is 0 Å². The fourth-order valence-corrected chi connectivity index (χ4v) is 2.34. The fraction of sp³-hybridized carbons (Fsp3) is 0.350. The van der Waals surface area contributed by atoms with Gasteiger partial charge in [-0.05, 0) is 30.9 Å². The molecule has 3 N–H and O–H groups in total. The molecule has 0 aliphatic carbocycles. The van der Waals surface area contributed by atoms with Gasteiger partial charge in [0.25, 0.3) is 0 Å². The van der Waals surface area contributed by atoms with Crippen molar-refractivity contribution in [3.05, 3.63) is 71.3 Å². The first-order chi connectivity index (χ1) is 11.7. The summed E-state index contributed by atoms with van der Waals surface area (Å²) >= 11 is 0. The molecule has 4 heteroatoms. The summed E-state index contributed by atoms with van der Waals surface area (Å²) in [7, 11) is 0. The number of ether oxygens (including phenoxy) is 1. The fourth-order valence-electron chi connectivity index (χ4n) is 2.34. The van der Waals surface area contributed by atoms with Crippen LogP contribution in [0.5, 0.6) is 0 Å². The Morgan fingerprint density at radius 3 is 2.50 bits per heavy atom. The molecule has 4 nitrogen and oxygen atoms in total. The Morgan fingerprint density at radius 1 is 1.08 bits per heavy atom. The standard InChI is InChI=1S/C20H26N2O2/c1-16-9-11-18(12-10-16)19(21)20(23)22-13-5-6-14-24-15-17-7-3-2-4-8-17/h2-4,7-12,19H,5-6,13-15,21H2,1H3,(H,22,23). The summed E-state index contributed by atoms with van der Waals surface area (Å²) in [4.78, 5) is 12.0. The minimum absolute atomic E-state index is 0.135. The maximum Gasteiger partial charge on any atom is 0.241 e. The minimum atomic E-state index is -0.611. The number of aryl methyl sites for hydroxylation is 1. The predicted molar refractivity (Wildman–Crippen MR) is 96.4 cm³/mol. The first-order valence-corrected chi connectivity index (χ1v) is 8.38. The summed E-state index contributed by atoms with van der Waals surface area (Å²) in [5, 5.41) is 2.88. The van der Waals surface area contributed by atoms with Crippen LogP contribution in [0, 0.1) is 6.92 Å². The van der Waals surface area contributed by atoms with Gasteiger partial charge in [0, 0.05) is 13.2 Å². The molecule has 2 aromatic rings. The topological polar surface area (TPSA) is 64.4 Å². The van der Waals surface area contributed by atoms with E-state index in [9.17, 15) is 4.79 Å². The molecule has 0 aliphatic heterocycles. The second-order valence-corrected chi connectivity index (χ2v) is 5.92. The number of rotatable bonds is 9. The van der Waals surface area contributed by atoms with E-state index in [1.54, 1.807) is 0 Å². The van der Waals surface area contributed by atoms with Gasteiger partial charge in [0.2, 0.25) is 5.91 Å². The van der Waals surface area contributed by atoms with Gasteiger partial charge in [-0.15, -0.1) is 0 Å². The highest BCUT2D eigenvalue weighted by atomic mass is 16.5. The molecule has 0 spiro atoms.